The van der Waals surface area contributed by atoms with E-state index in [1.807, 2.05) is 47.1 Å². The number of nitrogens with zero attached hydrogens (tertiary/aromatic N) is 4. The first-order chi connectivity index (χ1) is 12.0. The minimum atomic E-state index is -0.478. The Balaban J connectivity index is 0.00000676. The molecule has 156 valence electrons. The number of aliphatic imine (C=N–C) groups is 1. The molecule has 0 bridgehead atoms. The molecule has 1 unspecified atom stereocenters. The molecule has 1 rings (SSSR count). The SMILES string of the molecule is CN=C(NCC(C)CN(C)C(=O)OC(C)(C)C)N(C)Cc1cccn1C.I. The zero-order valence-electron chi connectivity index (χ0n) is 17.9. The summed E-state index contributed by atoms with van der Waals surface area (Å²) in [4.78, 5) is 20.1. The highest BCUT2D eigenvalue weighted by Gasteiger charge is 2.21. The van der Waals surface area contributed by atoms with Gasteiger partial charge in [-0.3, -0.25) is 4.99 Å². The van der Waals surface area contributed by atoms with Crippen LogP contribution in [0.4, 0.5) is 4.79 Å². The van der Waals surface area contributed by atoms with E-state index in [2.05, 4.69) is 32.8 Å². The van der Waals surface area contributed by atoms with Gasteiger partial charge in [-0.2, -0.15) is 0 Å². The number of hydrogen-bond acceptors (Lipinski definition) is 3. The Morgan fingerprint density at radius 2 is 1.96 bits per heavy atom. The zero-order chi connectivity index (χ0) is 19.9. The first-order valence-electron chi connectivity index (χ1n) is 8.99. The van der Waals surface area contributed by atoms with Crippen molar-refractivity contribution < 1.29 is 9.53 Å². The predicted molar refractivity (Wildman–Crippen MR) is 122 cm³/mol. The summed E-state index contributed by atoms with van der Waals surface area (Å²) in [6, 6.07) is 4.14. The summed E-state index contributed by atoms with van der Waals surface area (Å²) in [7, 11) is 7.59. The lowest BCUT2D eigenvalue weighted by Gasteiger charge is -2.27. The fraction of sp³-hybridized carbons (Fsp3) is 0.684. The van der Waals surface area contributed by atoms with Crippen LogP contribution in [0.25, 0.3) is 0 Å². The molecule has 0 aliphatic rings. The van der Waals surface area contributed by atoms with Gasteiger partial charge in [0.25, 0.3) is 0 Å². The average Bonchev–Trinajstić information content (AvgIpc) is 2.91. The topological polar surface area (TPSA) is 62.1 Å². The Bertz CT molecular complexity index is 609. The number of hydrogen-bond donors (Lipinski definition) is 1. The van der Waals surface area contributed by atoms with Crippen LogP contribution in [0.1, 0.15) is 33.4 Å². The minimum Gasteiger partial charge on any atom is -0.444 e. The molecule has 0 radical (unpaired) electrons. The Morgan fingerprint density at radius 1 is 1.33 bits per heavy atom. The van der Waals surface area contributed by atoms with Gasteiger partial charge < -0.3 is 24.4 Å². The molecular formula is C19H36IN5O2. The van der Waals surface area contributed by atoms with Gasteiger partial charge in [-0.05, 0) is 38.8 Å². The number of aromatic nitrogens is 1. The van der Waals surface area contributed by atoms with E-state index in [0.717, 1.165) is 19.0 Å². The maximum atomic E-state index is 12.1. The van der Waals surface area contributed by atoms with Crippen LogP contribution in [-0.4, -0.2) is 66.3 Å². The molecule has 1 aromatic heterocycles. The summed E-state index contributed by atoms with van der Waals surface area (Å²) in [6.45, 7) is 9.81. The van der Waals surface area contributed by atoms with E-state index in [0.29, 0.717) is 6.54 Å². The first-order valence-corrected chi connectivity index (χ1v) is 8.99. The van der Waals surface area contributed by atoms with Gasteiger partial charge >= 0.3 is 6.09 Å². The standard InChI is InChI=1S/C19H35N5O2.HI/c1-15(13-24(8)18(25)26-19(2,3)4)12-21-17(20-5)23(7)14-16-10-9-11-22(16)6;/h9-11,15H,12-14H2,1-8H3,(H,20,21);1H. The Kier molecular flexibility index (Phi) is 10.8. The van der Waals surface area contributed by atoms with Gasteiger partial charge in [-0.1, -0.05) is 6.92 Å². The molecule has 1 amide bonds. The van der Waals surface area contributed by atoms with E-state index in [-0.39, 0.29) is 36.0 Å². The average molecular weight is 493 g/mol. The van der Waals surface area contributed by atoms with Crippen LogP contribution in [0, 0.1) is 5.92 Å². The fourth-order valence-electron chi connectivity index (χ4n) is 2.58. The number of guanidine groups is 1. The van der Waals surface area contributed by atoms with Crippen molar-refractivity contribution in [2.75, 3.05) is 34.2 Å². The lowest BCUT2D eigenvalue weighted by Crippen LogP contribution is -2.43. The van der Waals surface area contributed by atoms with Gasteiger partial charge in [-0.15, -0.1) is 24.0 Å². The van der Waals surface area contributed by atoms with Crippen molar-refractivity contribution in [3.63, 3.8) is 0 Å². The van der Waals surface area contributed by atoms with Gasteiger partial charge in [0, 0.05) is 53.2 Å². The van der Waals surface area contributed by atoms with Crippen molar-refractivity contribution in [1.29, 1.82) is 0 Å². The minimum absolute atomic E-state index is 0. The molecule has 0 spiro atoms. The van der Waals surface area contributed by atoms with Gasteiger partial charge in [-0.25, -0.2) is 4.79 Å². The highest BCUT2D eigenvalue weighted by Crippen LogP contribution is 2.10. The summed E-state index contributed by atoms with van der Waals surface area (Å²) in [5.41, 5.74) is 0.738. The largest absolute Gasteiger partial charge is 0.444 e. The Hall–Kier alpha value is -1.45. The van der Waals surface area contributed by atoms with Crippen LogP contribution < -0.4 is 5.32 Å². The predicted octanol–water partition coefficient (Wildman–Crippen LogP) is 3.15. The molecule has 0 saturated heterocycles. The number of carbonyl (C=O) groups is 1. The van der Waals surface area contributed by atoms with Crippen molar-refractivity contribution >= 4 is 36.0 Å². The molecule has 0 aliphatic heterocycles. The van der Waals surface area contributed by atoms with Crippen molar-refractivity contribution in [1.82, 2.24) is 19.7 Å². The summed E-state index contributed by atoms with van der Waals surface area (Å²) in [6.07, 6.45) is 1.74. The number of aryl methyl sites for hydroxylation is 1. The summed E-state index contributed by atoms with van der Waals surface area (Å²) in [5, 5.41) is 3.38. The molecule has 27 heavy (non-hydrogen) atoms. The highest BCUT2D eigenvalue weighted by atomic mass is 127. The van der Waals surface area contributed by atoms with E-state index in [4.69, 9.17) is 4.74 Å². The number of halogens is 1. The second-order valence-electron chi connectivity index (χ2n) is 7.86. The number of nitrogens with one attached hydrogen (secondary N) is 1. The molecule has 7 nitrogen and oxygen atoms in total. The molecule has 1 aromatic rings. The van der Waals surface area contributed by atoms with E-state index < -0.39 is 5.60 Å². The van der Waals surface area contributed by atoms with Gasteiger partial charge in [0.2, 0.25) is 0 Å². The quantitative estimate of drug-likeness (QED) is 0.376. The smallest absolute Gasteiger partial charge is 0.410 e. The second kappa shape index (κ2) is 11.4. The third-order valence-electron chi connectivity index (χ3n) is 3.92. The third kappa shape index (κ3) is 9.34. The lowest BCUT2D eigenvalue weighted by molar-refractivity contribution is 0.0278. The molecule has 1 N–H and O–H groups in total. The molecule has 1 heterocycles. The highest BCUT2D eigenvalue weighted by molar-refractivity contribution is 14.0. The maximum Gasteiger partial charge on any atom is 0.410 e. The van der Waals surface area contributed by atoms with Crippen LogP contribution in [0.3, 0.4) is 0 Å². The normalized spacial score (nSPS) is 12.8. The molecule has 0 saturated carbocycles. The molecule has 0 aliphatic carbocycles. The van der Waals surface area contributed by atoms with Crippen LogP contribution in [0.2, 0.25) is 0 Å². The maximum absolute atomic E-state index is 12.1. The lowest BCUT2D eigenvalue weighted by atomic mass is 10.1. The van der Waals surface area contributed by atoms with Crippen LogP contribution in [-0.2, 0) is 18.3 Å². The number of ether oxygens (including phenoxy) is 1. The van der Waals surface area contributed by atoms with Crippen LogP contribution in [0.15, 0.2) is 23.3 Å². The van der Waals surface area contributed by atoms with E-state index in [1.165, 1.54) is 5.69 Å². The third-order valence-corrected chi connectivity index (χ3v) is 3.92. The summed E-state index contributed by atoms with van der Waals surface area (Å²) < 4.78 is 7.49. The number of amides is 1. The molecule has 0 aromatic carbocycles. The van der Waals surface area contributed by atoms with Gasteiger partial charge in [0.1, 0.15) is 5.60 Å². The van der Waals surface area contributed by atoms with Crippen LogP contribution in [0.5, 0.6) is 0 Å². The summed E-state index contributed by atoms with van der Waals surface area (Å²) in [5.74, 6) is 1.09. The number of carbonyl (C=O) groups excluding carboxylic acids is 1. The zero-order valence-corrected chi connectivity index (χ0v) is 20.3. The number of rotatable bonds is 6. The molecule has 1 atom stereocenters. The Morgan fingerprint density at radius 3 is 2.44 bits per heavy atom. The van der Waals surface area contributed by atoms with Gasteiger partial charge in [0.05, 0.1) is 6.54 Å². The van der Waals surface area contributed by atoms with E-state index in [1.54, 1.807) is 19.0 Å². The van der Waals surface area contributed by atoms with Crippen molar-refractivity contribution in [2.24, 2.45) is 18.0 Å². The van der Waals surface area contributed by atoms with E-state index >= 15 is 0 Å². The molecule has 8 heteroatoms. The summed E-state index contributed by atoms with van der Waals surface area (Å²) >= 11 is 0. The van der Waals surface area contributed by atoms with Crippen LogP contribution >= 0.6 is 24.0 Å². The van der Waals surface area contributed by atoms with Crippen molar-refractivity contribution in [3.05, 3.63) is 24.0 Å². The first kappa shape index (κ1) is 25.6. The molecular weight excluding hydrogens is 457 g/mol. The van der Waals surface area contributed by atoms with Crippen molar-refractivity contribution in [3.8, 4) is 0 Å². The second-order valence-corrected chi connectivity index (χ2v) is 7.86. The monoisotopic (exact) mass is 493 g/mol. The molecule has 0 fully saturated rings. The Labute approximate surface area is 181 Å². The van der Waals surface area contributed by atoms with Crippen molar-refractivity contribution in [2.45, 2.75) is 39.8 Å². The van der Waals surface area contributed by atoms with Gasteiger partial charge in [0.15, 0.2) is 5.96 Å². The van der Waals surface area contributed by atoms with E-state index in [9.17, 15) is 4.79 Å². The fourth-order valence-corrected chi connectivity index (χ4v) is 2.58.